The van der Waals surface area contributed by atoms with Crippen LogP contribution in [0.15, 0.2) is 18.2 Å². The van der Waals surface area contributed by atoms with Crippen LogP contribution < -0.4 is 5.73 Å². The summed E-state index contributed by atoms with van der Waals surface area (Å²) >= 11 is 0. The first-order chi connectivity index (χ1) is 8.13. The van der Waals surface area contributed by atoms with Crippen molar-refractivity contribution >= 4 is 0 Å². The van der Waals surface area contributed by atoms with Gasteiger partial charge in [0.1, 0.15) is 5.82 Å². The minimum Gasteiger partial charge on any atom is -0.330 e. The molecule has 2 atom stereocenters. The molecule has 1 aromatic rings. The van der Waals surface area contributed by atoms with Gasteiger partial charge in [0.05, 0.1) is 0 Å². The van der Waals surface area contributed by atoms with Crippen molar-refractivity contribution in [3.63, 3.8) is 0 Å². The number of nitrogens with zero attached hydrogens (tertiary/aromatic N) is 1. The Morgan fingerprint density at radius 1 is 1.47 bits per heavy atom. The van der Waals surface area contributed by atoms with Crippen LogP contribution in [0.1, 0.15) is 30.0 Å². The number of aryl methyl sites for hydroxylation is 1. The summed E-state index contributed by atoms with van der Waals surface area (Å²) in [4.78, 5) is 2.34. The predicted molar refractivity (Wildman–Crippen MR) is 68.3 cm³/mol. The van der Waals surface area contributed by atoms with E-state index in [0.717, 1.165) is 12.1 Å². The van der Waals surface area contributed by atoms with Crippen LogP contribution in [0.3, 0.4) is 0 Å². The van der Waals surface area contributed by atoms with Crippen LogP contribution in [0.25, 0.3) is 0 Å². The van der Waals surface area contributed by atoms with Crippen molar-refractivity contribution in [1.82, 2.24) is 4.90 Å². The third-order valence-corrected chi connectivity index (χ3v) is 3.83. The van der Waals surface area contributed by atoms with Crippen molar-refractivity contribution in [2.24, 2.45) is 11.7 Å². The van der Waals surface area contributed by atoms with Gasteiger partial charge in [0.25, 0.3) is 0 Å². The lowest BCUT2D eigenvalue weighted by Gasteiger charge is -2.39. The van der Waals surface area contributed by atoms with Gasteiger partial charge < -0.3 is 5.73 Å². The highest BCUT2D eigenvalue weighted by atomic mass is 19.1. The normalized spacial score (nSPS) is 26.1. The Bertz CT molecular complexity index is 392. The molecule has 1 aliphatic rings. The van der Waals surface area contributed by atoms with Crippen LogP contribution in [0.2, 0.25) is 0 Å². The van der Waals surface area contributed by atoms with Crippen LogP contribution >= 0.6 is 0 Å². The molecule has 0 aromatic heterocycles. The van der Waals surface area contributed by atoms with Crippen molar-refractivity contribution in [3.05, 3.63) is 35.1 Å². The van der Waals surface area contributed by atoms with E-state index in [-0.39, 0.29) is 5.82 Å². The van der Waals surface area contributed by atoms with E-state index in [4.69, 9.17) is 5.73 Å². The van der Waals surface area contributed by atoms with Crippen molar-refractivity contribution < 1.29 is 4.39 Å². The molecule has 0 saturated carbocycles. The summed E-state index contributed by atoms with van der Waals surface area (Å²) in [7, 11) is 2.13. The van der Waals surface area contributed by atoms with E-state index in [1.54, 1.807) is 6.07 Å². The van der Waals surface area contributed by atoms with E-state index in [1.165, 1.54) is 18.4 Å². The van der Waals surface area contributed by atoms with E-state index in [1.807, 2.05) is 19.1 Å². The third-order valence-electron chi connectivity index (χ3n) is 3.83. The molecular weight excluding hydrogens is 215 g/mol. The Labute approximate surface area is 103 Å². The Hall–Kier alpha value is -0.930. The monoisotopic (exact) mass is 236 g/mol. The fraction of sp³-hybridized carbons (Fsp3) is 0.571. The third kappa shape index (κ3) is 2.50. The first kappa shape index (κ1) is 12.5. The smallest absolute Gasteiger partial charge is 0.126 e. The van der Waals surface area contributed by atoms with Crippen molar-refractivity contribution in [2.75, 3.05) is 20.1 Å². The lowest BCUT2D eigenvalue weighted by atomic mass is 9.84. The number of benzene rings is 1. The van der Waals surface area contributed by atoms with Crippen LogP contribution in [0, 0.1) is 18.7 Å². The molecule has 94 valence electrons. The highest BCUT2D eigenvalue weighted by Gasteiger charge is 2.29. The Balaban J connectivity index is 2.31. The van der Waals surface area contributed by atoms with Crippen molar-refractivity contribution in [3.8, 4) is 0 Å². The van der Waals surface area contributed by atoms with Gasteiger partial charge in [-0.3, -0.25) is 4.90 Å². The highest BCUT2D eigenvalue weighted by molar-refractivity contribution is 5.27. The van der Waals surface area contributed by atoms with Gasteiger partial charge in [0.2, 0.25) is 0 Å². The molecule has 1 heterocycles. The minimum atomic E-state index is -0.128. The topological polar surface area (TPSA) is 29.3 Å². The van der Waals surface area contributed by atoms with Gasteiger partial charge in [0, 0.05) is 6.04 Å². The van der Waals surface area contributed by atoms with E-state index in [9.17, 15) is 4.39 Å². The zero-order valence-corrected chi connectivity index (χ0v) is 10.6. The van der Waals surface area contributed by atoms with E-state index >= 15 is 0 Å². The number of hydrogen-bond acceptors (Lipinski definition) is 2. The summed E-state index contributed by atoms with van der Waals surface area (Å²) in [5, 5.41) is 0. The molecule has 1 aliphatic heterocycles. The van der Waals surface area contributed by atoms with Gasteiger partial charge in [-0.1, -0.05) is 12.1 Å². The standard InChI is InChI=1S/C14H21FN2/c1-10-8-11(5-6-13(10)15)14-12(9-16)4-3-7-17(14)2/h5-6,8,12,14H,3-4,7,9,16H2,1-2H3/t12-,14-/m1/s1. The molecule has 2 N–H and O–H groups in total. The molecule has 0 unspecified atom stereocenters. The molecule has 2 nitrogen and oxygen atoms in total. The average Bonchev–Trinajstić information content (AvgIpc) is 2.32. The first-order valence-corrected chi connectivity index (χ1v) is 6.30. The van der Waals surface area contributed by atoms with Crippen LogP contribution in [0.5, 0.6) is 0 Å². The summed E-state index contributed by atoms with van der Waals surface area (Å²) in [5.41, 5.74) is 7.78. The highest BCUT2D eigenvalue weighted by Crippen LogP contribution is 2.34. The van der Waals surface area contributed by atoms with Crippen molar-refractivity contribution in [2.45, 2.75) is 25.8 Å². The minimum absolute atomic E-state index is 0.128. The maximum atomic E-state index is 13.3. The maximum absolute atomic E-state index is 13.3. The number of piperidine rings is 1. The second kappa shape index (κ2) is 5.15. The summed E-state index contributed by atoms with van der Waals surface area (Å²) in [6.45, 7) is 3.61. The van der Waals surface area contributed by atoms with Crippen LogP contribution in [0.4, 0.5) is 4.39 Å². The lowest BCUT2D eigenvalue weighted by Crippen LogP contribution is -2.39. The molecular formula is C14H21FN2. The second-order valence-corrected chi connectivity index (χ2v) is 5.07. The van der Waals surface area contributed by atoms with Gasteiger partial charge >= 0.3 is 0 Å². The predicted octanol–water partition coefficient (Wildman–Crippen LogP) is 2.48. The van der Waals surface area contributed by atoms with Gasteiger partial charge in [-0.2, -0.15) is 0 Å². The number of halogens is 1. The van der Waals surface area contributed by atoms with Crippen LogP contribution in [-0.2, 0) is 0 Å². The zero-order chi connectivity index (χ0) is 12.4. The molecule has 17 heavy (non-hydrogen) atoms. The molecule has 0 amide bonds. The summed E-state index contributed by atoms with van der Waals surface area (Å²) in [6.07, 6.45) is 2.37. The molecule has 1 fully saturated rings. The van der Waals surface area contributed by atoms with Gasteiger partial charge in [-0.15, -0.1) is 0 Å². The van der Waals surface area contributed by atoms with Gasteiger partial charge in [0.15, 0.2) is 0 Å². The Morgan fingerprint density at radius 3 is 2.88 bits per heavy atom. The van der Waals surface area contributed by atoms with Gasteiger partial charge in [-0.05, 0) is 63.0 Å². The van der Waals surface area contributed by atoms with Crippen LogP contribution in [-0.4, -0.2) is 25.0 Å². The lowest BCUT2D eigenvalue weighted by molar-refractivity contribution is 0.125. The summed E-state index contributed by atoms with van der Waals surface area (Å²) < 4.78 is 13.3. The molecule has 1 saturated heterocycles. The molecule has 2 rings (SSSR count). The zero-order valence-electron chi connectivity index (χ0n) is 10.6. The first-order valence-electron chi connectivity index (χ1n) is 6.30. The van der Waals surface area contributed by atoms with E-state index < -0.39 is 0 Å². The van der Waals surface area contributed by atoms with Gasteiger partial charge in [-0.25, -0.2) is 4.39 Å². The number of rotatable bonds is 2. The molecule has 0 bridgehead atoms. The maximum Gasteiger partial charge on any atom is 0.126 e. The molecule has 3 heteroatoms. The summed E-state index contributed by atoms with van der Waals surface area (Å²) in [6, 6.07) is 5.77. The average molecular weight is 236 g/mol. The van der Waals surface area contributed by atoms with Crippen molar-refractivity contribution in [1.29, 1.82) is 0 Å². The largest absolute Gasteiger partial charge is 0.330 e. The fourth-order valence-electron chi connectivity index (χ4n) is 2.88. The molecule has 1 aromatic carbocycles. The Kier molecular flexibility index (Phi) is 3.79. The molecule has 0 radical (unpaired) electrons. The second-order valence-electron chi connectivity index (χ2n) is 5.07. The number of hydrogen-bond donors (Lipinski definition) is 1. The fourth-order valence-corrected chi connectivity index (χ4v) is 2.88. The van der Waals surface area contributed by atoms with E-state index in [2.05, 4.69) is 11.9 Å². The molecule has 0 spiro atoms. The van der Waals surface area contributed by atoms with E-state index in [0.29, 0.717) is 18.5 Å². The quantitative estimate of drug-likeness (QED) is 0.854. The number of nitrogens with two attached hydrogens (primary N) is 1. The summed E-state index contributed by atoms with van der Waals surface area (Å²) in [5.74, 6) is 0.357. The Morgan fingerprint density at radius 2 is 2.24 bits per heavy atom. The SMILES string of the molecule is Cc1cc([C@@H]2[C@@H](CN)CCCN2C)ccc1F. The number of likely N-dealkylation sites (tertiary alicyclic amines) is 1. The molecule has 0 aliphatic carbocycles.